The molecule has 1 amide bonds. The van der Waals surface area contributed by atoms with Crippen molar-refractivity contribution in [2.75, 3.05) is 19.6 Å². The van der Waals surface area contributed by atoms with Crippen molar-refractivity contribution in [1.29, 1.82) is 0 Å². The average Bonchev–Trinajstić information content (AvgIpc) is 2.12. The Kier molecular flexibility index (Phi) is 7.69. The van der Waals surface area contributed by atoms with Crippen molar-refractivity contribution in [3.05, 3.63) is 0 Å². The van der Waals surface area contributed by atoms with E-state index in [2.05, 4.69) is 31.4 Å². The first-order chi connectivity index (χ1) is 6.20. The number of carbonyl (C=O) groups excluding carboxylic acids is 1. The minimum absolute atomic E-state index is 0.173. The normalized spacial score (nSPS) is 12.5. The SMILES string of the molecule is CCNCCNC(=O)CC(C)CC. The Morgan fingerprint density at radius 1 is 1.31 bits per heavy atom. The monoisotopic (exact) mass is 186 g/mol. The van der Waals surface area contributed by atoms with Crippen molar-refractivity contribution in [2.45, 2.75) is 33.6 Å². The van der Waals surface area contributed by atoms with E-state index in [9.17, 15) is 4.79 Å². The second-order valence-electron chi connectivity index (χ2n) is 3.42. The van der Waals surface area contributed by atoms with Crippen LogP contribution in [0.3, 0.4) is 0 Å². The molecule has 1 atom stereocenters. The molecule has 78 valence electrons. The molecule has 0 bridgehead atoms. The van der Waals surface area contributed by atoms with Crippen molar-refractivity contribution in [2.24, 2.45) is 5.92 Å². The highest BCUT2D eigenvalue weighted by Gasteiger charge is 2.05. The molecule has 0 aromatic heterocycles. The molecular formula is C10H22N2O. The van der Waals surface area contributed by atoms with Gasteiger partial charge in [-0.3, -0.25) is 4.79 Å². The Balaban J connectivity index is 3.30. The van der Waals surface area contributed by atoms with E-state index >= 15 is 0 Å². The number of nitrogens with one attached hydrogen (secondary N) is 2. The van der Waals surface area contributed by atoms with E-state index in [1.165, 1.54) is 0 Å². The molecule has 0 rings (SSSR count). The number of amides is 1. The lowest BCUT2D eigenvalue weighted by molar-refractivity contribution is -0.121. The lowest BCUT2D eigenvalue weighted by atomic mass is 10.1. The number of hydrogen-bond acceptors (Lipinski definition) is 2. The molecule has 0 aromatic carbocycles. The topological polar surface area (TPSA) is 41.1 Å². The zero-order chi connectivity index (χ0) is 10.1. The van der Waals surface area contributed by atoms with Gasteiger partial charge in [-0.05, 0) is 12.5 Å². The number of rotatable bonds is 7. The highest BCUT2D eigenvalue weighted by Crippen LogP contribution is 2.04. The minimum Gasteiger partial charge on any atom is -0.355 e. The summed E-state index contributed by atoms with van der Waals surface area (Å²) in [4.78, 5) is 11.2. The zero-order valence-electron chi connectivity index (χ0n) is 9.02. The summed E-state index contributed by atoms with van der Waals surface area (Å²) in [5.74, 6) is 0.673. The summed E-state index contributed by atoms with van der Waals surface area (Å²) < 4.78 is 0. The van der Waals surface area contributed by atoms with Crippen LogP contribution in [0.4, 0.5) is 0 Å². The van der Waals surface area contributed by atoms with Gasteiger partial charge in [0.2, 0.25) is 5.91 Å². The second kappa shape index (κ2) is 8.05. The van der Waals surface area contributed by atoms with Gasteiger partial charge in [-0.15, -0.1) is 0 Å². The lowest BCUT2D eigenvalue weighted by Crippen LogP contribution is -2.32. The van der Waals surface area contributed by atoms with Gasteiger partial charge in [0.15, 0.2) is 0 Å². The maximum absolute atomic E-state index is 11.2. The molecular weight excluding hydrogens is 164 g/mol. The molecule has 0 spiro atoms. The molecule has 2 N–H and O–H groups in total. The number of carbonyl (C=O) groups is 1. The largest absolute Gasteiger partial charge is 0.355 e. The lowest BCUT2D eigenvalue weighted by Gasteiger charge is -2.08. The summed E-state index contributed by atoms with van der Waals surface area (Å²) in [6.45, 7) is 8.83. The van der Waals surface area contributed by atoms with Crippen LogP contribution in [-0.2, 0) is 4.79 Å². The van der Waals surface area contributed by atoms with Crippen molar-refractivity contribution in [3.63, 3.8) is 0 Å². The average molecular weight is 186 g/mol. The summed E-state index contributed by atoms with van der Waals surface area (Å²) in [6, 6.07) is 0. The number of hydrogen-bond donors (Lipinski definition) is 2. The minimum atomic E-state index is 0.173. The molecule has 0 heterocycles. The van der Waals surface area contributed by atoms with Gasteiger partial charge in [0.25, 0.3) is 0 Å². The molecule has 3 heteroatoms. The van der Waals surface area contributed by atoms with Gasteiger partial charge in [0, 0.05) is 19.5 Å². The van der Waals surface area contributed by atoms with Crippen LogP contribution in [0, 0.1) is 5.92 Å². The van der Waals surface area contributed by atoms with E-state index in [1.54, 1.807) is 0 Å². The van der Waals surface area contributed by atoms with E-state index < -0.39 is 0 Å². The van der Waals surface area contributed by atoms with Gasteiger partial charge in [-0.25, -0.2) is 0 Å². The van der Waals surface area contributed by atoms with Crippen molar-refractivity contribution < 1.29 is 4.79 Å². The second-order valence-corrected chi connectivity index (χ2v) is 3.42. The first-order valence-electron chi connectivity index (χ1n) is 5.18. The van der Waals surface area contributed by atoms with Crippen LogP contribution in [-0.4, -0.2) is 25.5 Å². The third kappa shape index (κ3) is 7.78. The van der Waals surface area contributed by atoms with Crippen LogP contribution in [0.25, 0.3) is 0 Å². The molecule has 0 radical (unpaired) electrons. The molecule has 0 fully saturated rings. The van der Waals surface area contributed by atoms with Crippen molar-refractivity contribution in [1.82, 2.24) is 10.6 Å². The van der Waals surface area contributed by atoms with Gasteiger partial charge < -0.3 is 10.6 Å². The van der Waals surface area contributed by atoms with Crippen LogP contribution in [0.2, 0.25) is 0 Å². The first kappa shape index (κ1) is 12.4. The quantitative estimate of drug-likeness (QED) is 0.586. The summed E-state index contributed by atoms with van der Waals surface area (Å²) in [5, 5.41) is 6.04. The molecule has 1 unspecified atom stereocenters. The highest BCUT2D eigenvalue weighted by atomic mass is 16.1. The summed E-state index contributed by atoms with van der Waals surface area (Å²) in [5.41, 5.74) is 0. The van der Waals surface area contributed by atoms with Crippen LogP contribution in [0.15, 0.2) is 0 Å². The van der Waals surface area contributed by atoms with Gasteiger partial charge in [-0.2, -0.15) is 0 Å². The summed E-state index contributed by atoms with van der Waals surface area (Å²) in [7, 11) is 0. The molecule has 0 aliphatic heterocycles. The Morgan fingerprint density at radius 3 is 2.54 bits per heavy atom. The Hall–Kier alpha value is -0.570. The fourth-order valence-corrected chi connectivity index (χ4v) is 1.00. The smallest absolute Gasteiger partial charge is 0.220 e. The van der Waals surface area contributed by atoms with Crippen molar-refractivity contribution in [3.8, 4) is 0 Å². The fourth-order valence-electron chi connectivity index (χ4n) is 1.00. The predicted octanol–water partition coefficient (Wildman–Crippen LogP) is 1.15. The number of likely N-dealkylation sites (N-methyl/N-ethyl adjacent to an activating group) is 1. The van der Waals surface area contributed by atoms with E-state index in [1.807, 2.05) is 0 Å². The van der Waals surface area contributed by atoms with Crippen LogP contribution in [0.1, 0.15) is 33.6 Å². The highest BCUT2D eigenvalue weighted by molar-refractivity contribution is 5.76. The molecule has 0 saturated heterocycles. The zero-order valence-corrected chi connectivity index (χ0v) is 9.02. The van der Waals surface area contributed by atoms with Crippen LogP contribution >= 0.6 is 0 Å². The van der Waals surface area contributed by atoms with Crippen LogP contribution < -0.4 is 10.6 Å². The van der Waals surface area contributed by atoms with Gasteiger partial charge in [0.05, 0.1) is 0 Å². The standard InChI is InChI=1S/C10H22N2O/c1-4-9(3)8-10(13)12-7-6-11-5-2/h9,11H,4-8H2,1-3H3,(H,12,13). The fraction of sp³-hybridized carbons (Fsp3) is 0.900. The maximum atomic E-state index is 11.2. The summed E-state index contributed by atoms with van der Waals surface area (Å²) >= 11 is 0. The Morgan fingerprint density at radius 2 is 2.00 bits per heavy atom. The Labute approximate surface area is 81.3 Å². The van der Waals surface area contributed by atoms with E-state index in [0.29, 0.717) is 12.3 Å². The van der Waals surface area contributed by atoms with Gasteiger partial charge >= 0.3 is 0 Å². The Bertz CT molecular complexity index is 137. The molecule has 0 aromatic rings. The molecule has 0 saturated carbocycles. The third-order valence-corrected chi connectivity index (χ3v) is 2.10. The third-order valence-electron chi connectivity index (χ3n) is 2.10. The molecule has 0 aliphatic carbocycles. The predicted molar refractivity (Wildman–Crippen MR) is 55.6 cm³/mol. The summed E-state index contributed by atoms with van der Waals surface area (Å²) in [6.07, 6.45) is 1.73. The van der Waals surface area contributed by atoms with E-state index in [0.717, 1.165) is 26.1 Å². The molecule has 13 heavy (non-hydrogen) atoms. The van der Waals surface area contributed by atoms with E-state index in [-0.39, 0.29) is 5.91 Å². The molecule has 3 nitrogen and oxygen atoms in total. The van der Waals surface area contributed by atoms with Crippen LogP contribution in [0.5, 0.6) is 0 Å². The van der Waals surface area contributed by atoms with Gasteiger partial charge in [-0.1, -0.05) is 27.2 Å². The van der Waals surface area contributed by atoms with Crippen molar-refractivity contribution >= 4 is 5.91 Å². The van der Waals surface area contributed by atoms with Gasteiger partial charge in [0.1, 0.15) is 0 Å². The van der Waals surface area contributed by atoms with E-state index in [4.69, 9.17) is 0 Å². The molecule has 0 aliphatic rings. The maximum Gasteiger partial charge on any atom is 0.220 e. The first-order valence-corrected chi connectivity index (χ1v) is 5.18.